The second-order valence-corrected chi connectivity index (χ2v) is 7.82. The Kier molecular flexibility index (Phi) is 4.74. The van der Waals surface area contributed by atoms with Crippen molar-refractivity contribution >= 4 is 16.9 Å². The average molecular weight is 401 g/mol. The van der Waals surface area contributed by atoms with Crippen LogP contribution < -0.4 is 10.9 Å². The van der Waals surface area contributed by atoms with Crippen LogP contribution in [-0.4, -0.2) is 35.8 Å². The number of aromatic nitrogens is 6. The summed E-state index contributed by atoms with van der Waals surface area (Å²) in [4.78, 5) is 28.6. The summed E-state index contributed by atoms with van der Waals surface area (Å²) in [6.07, 6.45) is 8.74. The number of aromatic amines is 1. The molecule has 8 nitrogen and oxygen atoms in total. The fourth-order valence-electron chi connectivity index (χ4n) is 4.20. The Hall–Kier alpha value is -3.55. The fourth-order valence-corrected chi connectivity index (χ4v) is 4.20. The molecule has 0 bridgehead atoms. The van der Waals surface area contributed by atoms with Crippen molar-refractivity contribution in [2.45, 2.75) is 44.7 Å². The third-order valence-electron chi connectivity index (χ3n) is 5.74. The molecule has 0 aromatic carbocycles. The van der Waals surface area contributed by atoms with Gasteiger partial charge >= 0.3 is 0 Å². The van der Waals surface area contributed by atoms with Crippen LogP contribution >= 0.6 is 0 Å². The van der Waals surface area contributed by atoms with Gasteiger partial charge in [0, 0.05) is 35.8 Å². The molecule has 1 saturated carbocycles. The van der Waals surface area contributed by atoms with Gasteiger partial charge in [0.05, 0.1) is 17.3 Å². The van der Waals surface area contributed by atoms with Crippen LogP contribution in [0.15, 0.2) is 53.8 Å². The molecule has 0 atom stereocenters. The van der Waals surface area contributed by atoms with E-state index in [9.17, 15) is 4.79 Å². The largest absolute Gasteiger partial charge is 0.365 e. The first-order valence-electron chi connectivity index (χ1n) is 10.2. The molecular weight excluding hydrogens is 378 g/mol. The Bertz CT molecular complexity index is 1220. The quantitative estimate of drug-likeness (QED) is 0.543. The molecule has 5 rings (SSSR count). The molecule has 30 heavy (non-hydrogen) atoms. The molecule has 1 aliphatic rings. The molecule has 0 amide bonds. The molecule has 0 unspecified atom stereocenters. The lowest BCUT2D eigenvalue weighted by Gasteiger charge is -2.30. The smallest absolute Gasteiger partial charge is 0.267 e. The van der Waals surface area contributed by atoms with Crippen molar-refractivity contribution in [2.24, 2.45) is 0 Å². The Morgan fingerprint density at radius 3 is 2.67 bits per heavy atom. The zero-order chi connectivity index (χ0) is 20.5. The van der Waals surface area contributed by atoms with Crippen LogP contribution in [0.1, 0.15) is 37.4 Å². The summed E-state index contributed by atoms with van der Waals surface area (Å²) in [5.41, 5.74) is 4.63. The van der Waals surface area contributed by atoms with Crippen molar-refractivity contribution in [3.63, 3.8) is 0 Å². The number of fused-ring (bicyclic) bond motifs is 1. The van der Waals surface area contributed by atoms with E-state index in [1.807, 2.05) is 25.1 Å². The van der Waals surface area contributed by atoms with Crippen molar-refractivity contribution in [2.75, 3.05) is 5.32 Å². The van der Waals surface area contributed by atoms with Gasteiger partial charge in [-0.3, -0.25) is 9.78 Å². The number of rotatable bonds is 4. The molecular formula is C22H23N7O. The highest BCUT2D eigenvalue weighted by atomic mass is 16.1. The van der Waals surface area contributed by atoms with Crippen LogP contribution in [0, 0.1) is 6.92 Å². The van der Waals surface area contributed by atoms with E-state index in [1.54, 1.807) is 35.5 Å². The molecule has 152 valence electrons. The van der Waals surface area contributed by atoms with Gasteiger partial charge in [0.1, 0.15) is 11.8 Å². The van der Waals surface area contributed by atoms with Crippen LogP contribution in [0.2, 0.25) is 0 Å². The zero-order valence-corrected chi connectivity index (χ0v) is 16.7. The van der Waals surface area contributed by atoms with E-state index in [0.29, 0.717) is 6.04 Å². The molecule has 4 heterocycles. The van der Waals surface area contributed by atoms with Crippen molar-refractivity contribution in [3.05, 3.63) is 65.1 Å². The summed E-state index contributed by atoms with van der Waals surface area (Å²) in [7, 11) is 0. The lowest BCUT2D eigenvalue weighted by molar-refractivity contribution is 0.304. The first-order valence-corrected chi connectivity index (χ1v) is 10.2. The lowest BCUT2D eigenvalue weighted by atomic mass is 9.91. The van der Waals surface area contributed by atoms with E-state index in [-0.39, 0.29) is 11.6 Å². The van der Waals surface area contributed by atoms with E-state index in [0.717, 1.165) is 59.5 Å². The van der Waals surface area contributed by atoms with Gasteiger partial charge in [-0.15, -0.1) is 0 Å². The number of hydrogen-bond donors (Lipinski definition) is 2. The van der Waals surface area contributed by atoms with Gasteiger partial charge < -0.3 is 10.3 Å². The summed E-state index contributed by atoms with van der Waals surface area (Å²) in [5, 5.41) is 8.21. The highest BCUT2D eigenvalue weighted by molar-refractivity contribution is 5.86. The molecule has 0 radical (unpaired) electrons. The van der Waals surface area contributed by atoms with E-state index in [4.69, 9.17) is 0 Å². The van der Waals surface area contributed by atoms with E-state index < -0.39 is 0 Å². The third-order valence-corrected chi connectivity index (χ3v) is 5.74. The number of H-pyrrole nitrogens is 1. The molecule has 2 N–H and O–H groups in total. The normalized spacial score (nSPS) is 19.1. The number of anilines is 1. The number of nitrogens with one attached hydrogen (secondary N) is 2. The van der Waals surface area contributed by atoms with Gasteiger partial charge in [-0.2, -0.15) is 5.10 Å². The lowest BCUT2D eigenvalue weighted by Crippen LogP contribution is -2.33. The monoisotopic (exact) mass is 401 g/mol. The minimum Gasteiger partial charge on any atom is -0.365 e. The van der Waals surface area contributed by atoms with Crippen molar-refractivity contribution in [1.29, 1.82) is 0 Å². The minimum atomic E-state index is -0.0522. The maximum absolute atomic E-state index is 12.5. The molecule has 8 heteroatoms. The van der Waals surface area contributed by atoms with E-state index >= 15 is 0 Å². The highest BCUT2D eigenvalue weighted by Crippen LogP contribution is 2.30. The van der Waals surface area contributed by atoms with Gasteiger partial charge in [0.15, 0.2) is 5.82 Å². The topological polar surface area (TPSA) is 101 Å². The first kappa shape index (κ1) is 18.5. The van der Waals surface area contributed by atoms with Gasteiger partial charge in [-0.1, -0.05) is 0 Å². The standard InChI is InChI=1S/C22H23N7O/c1-14-12-19-21(26-14)22(25-13-24-19)27-16-2-4-17(5-3-16)29-20(30)7-6-18(28-29)15-8-10-23-11-9-15/h6-13,16-17,26H,2-5H2,1H3,(H,24,25,27). The Morgan fingerprint density at radius 1 is 1.07 bits per heavy atom. The Morgan fingerprint density at radius 2 is 1.87 bits per heavy atom. The number of hydrogen-bond acceptors (Lipinski definition) is 6. The van der Waals surface area contributed by atoms with Gasteiger partial charge in [0.2, 0.25) is 0 Å². The molecule has 4 aromatic heterocycles. The highest BCUT2D eigenvalue weighted by Gasteiger charge is 2.25. The van der Waals surface area contributed by atoms with Gasteiger partial charge in [-0.25, -0.2) is 14.6 Å². The van der Waals surface area contributed by atoms with E-state index in [1.165, 1.54) is 0 Å². The van der Waals surface area contributed by atoms with Crippen LogP contribution in [0.4, 0.5) is 5.82 Å². The molecule has 0 aliphatic heterocycles. The number of pyridine rings is 1. The fraction of sp³-hybridized carbons (Fsp3) is 0.318. The maximum atomic E-state index is 12.5. The first-order chi connectivity index (χ1) is 14.7. The molecule has 1 fully saturated rings. The Labute approximate surface area is 173 Å². The molecule has 0 spiro atoms. The predicted octanol–water partition coefficient (Wildman–Crippen LogP) is 3.48. The molecule has 1 aliphatic carbocycles. The summed E-state index contributed by atoms with van der Waals surface area (Å²) in [6.45, 7) is 2.02. The van der Waals surface area contributed by atoms with Gasteiger partial charge in [0.25, 0.3) is 5.56 Å². The summed E-state index contributed by atoms with van der Waals surface area (Å²) in [5.74, 6) is 0.839. The average Bonchev–Trinajstić information content (AvgIpc) is 3.17. The second kappa shape index (κ2) is 7.70. The Balaban J connectivity index is 1.31. The van der Waals surface area contributed by atoms with E-state index in [2.05, 4.69) is 30.4 Å². The van der Waals surface area contributed by atoms with Crippen LogP contribution in [-0.2, 0) is 0 Å². The maximum Gasteiger partial charge on any atom is 0.267 e. The van der Waals surface area contributed by atoms with Crippen LogP contribution in [0.5, 0.6) is 0 Å². The third kappa shape index (κ3) is 3.56. The van der Waals surface area contributed by atoms with Crippen molar-refractivity contribution in [3.8, 4) is 11.3 Å². The predicted molar refractivity (Wildman–Crippen MR) is 115 cm³/mol. The molecule has 4 aromatic rings. The van der Waals surface area contributed by atoms with Crippen molar-refractivity contribution in [1.82, 2.24) is 29.7 Å². The summed E-state index contributed by atoms with van der Waals surface area (Å²) in [6, 6.07) is 9.63. The second-order valence-electron chi connectivity index (χ2n) is 7.82. The van der Waals surface area contributed by atoms with Crippen LogP contribution in [0.3, 0.4) is 0 Å². The number of aryl methyl sites for hydroxylation is 1. The van der Waals surface area contributed by atoms with Crippen LogP contribution in [0.25, 0.3) is 22.3 Å². The summed E-state index contributed by atoms with van der Waals surface area (Å²) >= 11 is 0. The minimum absolute atomic E-state index is 0.0522. The molecule has 0 saturated heterocycles. The summed E-state index contributed by atoms with van der Waals surface area (Å²) < 4.78 is 1.66. The zero-order valence-electron chi connectivity index (χ0n) is 16.7. The van der Waals surface area contributed by atoms with Crippen molar-refractivity contribution < 1.29 is 0 Å². The van der Waals surface area contributed by atoms with Gasteiger partial charge in [-0.05, 0) is 56.9 Å². The number of nitrogens with zero attached hydrogens (tertiary/aromatic N) is 5. The SMILES string of the molecule is Cc1cc2ncnc(NC3CCC(n4nc(-c5ccncc5)ccc4=O)CC3)c2[nH]1.